The van der Waals surface area contributed by atoms with Gasteiger partial charge in [0.15, 0.2) is 0 Å². The third-order valence-corrected chi connectivity index (χ3v) is 2.85. The molecule has 0 saturated heterocycles. The van der Waals surface area contributed by atoms with Crippen molar-refractivity contribution in [2.24, 2.45) is 0 Å². The number of H-pyrrole nitrogens is 1. The Labute approximate surface area is 106 Å². The van der Waals surface area contributed by atoms with E-state index in [-0.39, 0.29) is 10.0 Å². The second-order valence-electron chi connectivity index (χ2n) is 3.82. The lowest BCUT2D eigenvalue weighted by atomic mass is 10.1. The number of benzene rings is 1. The predicted octanol–water partition coefficient (Wildman–Crippen LogP) is 3.66. The van der Waals surface area contributed by atoms with E-state index in [0.29, 0.717) is 17.0 Å². The number of aromatic nitrogens is 2. The molecule has 0 saturated carbocycles. The molecule has 18 heavy (non-hydrogen) atoms. The van der Waals surface area contributed by atoms with Crippen molar-refractivity contribution in [2.45, 2.75) is 13.1 Å². The van der Waals surface area contributed by atoms with E-state index < -0.39 is 11.7 Å². The Kier molecular flexibility index (Phi) is 3.02. The van der Waals surface area contributed by atoms with Gasteiger partial charge in [0.25, 0.3) is 0 Å². The third kappa shape index (κ3) is 2.17. The van der Waals surface area contributed by atoms with Gasteiger partial charge in [0.1, 0.15) is 10.5 Å². The topological polar surface area (TPSA) is 40.7 Å². The summed E-state index contributed by atoms with van der Waals surface area (Å²) >= 11 is 5.01. The van der Waals surface area contributed by atoms with Gasteiger partial charge in [-0.15, -0.1) is 0 Å². The lowest BCUT2D eigenvalue weighted by molar-refractivity contribution is -0.137. The SMILES string of the molecule is CNc1cc(C(F)(F)F)cc2c(=S)nc(C)[nH]c12. The summed E-state index contributed by atoms with van der Waals surface area (Å²) in [4.78, 5) is 6.89. The molecule has 0 aliphatic heterocycles. The highest BCUT2D eigenvalue weighted by atomic mass is 32.1. The standard InChI is InChI=1S/C11H10F3N3S/c1-5-16-9-7(10(18)17-5)3-6(11(12,13)14)4-8(9)15-2/h3-4,15H,1-2H3,(H,16,17,18). The summed E-state index contributed by atoms with van der Waals surface area (Å²) < 4.78 is 38.4. The Morgan fingerprint density at radius 1 is 1.33 bits per heavy atom. The molecule has 7 heteroatoms. The maximum absolute atomic E-state index is 12.8. The van der Waals surface area contributed by atoms with Gasteiger partial charge in [0.05, 0.1) is 16.8 Å². The zero-order valence-electron chi connectivity index (χ0n) is 9.64. The maximum atomic E-state index is 12.8. The average molecular weight is 273 g/mol. The molecule has 1 heterocycles. The normalized spacial score (nSPS) is 11.8. The predicted molar refractivity (Wildman–Crippen MR) is 66.2 cm³/mol. The van der Waals surface area contributed by atoms with Crippen LogP contribution in [0.4, 0.5) is 18.9 Å². The van der Waals surface area contributed by atoms with Crippen LogP contribution in [0.2, 0.25) is 0 Å². The third-order valence-electron chi connectivity index (χ3n) is 2.54. The highest BCUT2D eigenvalue weighted by Crippen LogP contribution is 2.34. The number of hydrogen-bond donors (Lipinski definition) is 2. The van der Waals surface area contributed by atoms with Crippen molar-refractivity contribution in [1.82, 2.24) is 9.97 Å². The number of fused-ring (bicyclic) bond motifs is 1. The molecular weight excluding hydrogens is 263 g/mol. The number of rotatable bonds is 1. The highest BCUT2D eigenvalue weighted by molar-refractivity contribution is 7.71. The van der Waals surface area contributed by atoms with E-state index in [1.165, 1.54) is 0 Å². The molecule has 0 amide bonds. The van der Waals surface area contributed by atoms with Gasteiger partial charge >= 0.3 is 6.18 Å². The van der Waals surface area contributed by atoms with Crippen molar-refractivity contribution in [3.8, 4) is 0 Å². The van der Waals surface area contributed by atoms with Gasteiger partial charge in [0.2, 0.25) is 0 Å². The first-order chi connectivity index (χ1) is 8.32. The number of hydrogen-bond acceptors (Lipinski definition) is 3. The Bertz CT molecular complexity index is 661. The van der Waals surface area contributed by atoms with Crippen LogP contribution in [0.1, 0.15) is 11.4 Å². The average Bonchev–Trinajstić information content (AvgIpc) is 2.26. The molecule has 0 unspecified atom stereocenters. The van der Waals surface area contributed by atoms with Crippen molar-refractivity contribution in [1.29, 1.82) is 0 Å². The second-order valence-corrected chi connectivity index (χ2v) is 4.21. The summed E-state index contributed by atoms with van der Waals surface area (Å²) in [5.41, 5.74) is 0.129. The number of halogens is 3. The molecule has 0 fully saturated rings. The molecule has 2 N–H and O–H groups in total. The number of alkyl halides is 3. The highest BCUT2D eigenvalue weighted by Gasteiger charge is 2.31. The molecule has 0 atom stereocenters. The lowest BCUT2D eigenvalue weighted by Gasteiger charge is -2.12. The van der Waals surface area contributed by atoms with E-state index in [2.05, 4.69) is 15.3 Å². The first-order valence-electron chi connectivity index (χ1n) is 5.12. The minimum absolute atomic E-state index is 0.156. The van der Waals surface area contributed by atoms with E-state index in [4.69, 9.17) is 12.2 Å². The number of nitrogens with one attached hydrogen (secondary N) is 2. The van der Waals surface area contributed by atoms with Gasteiger partial charge in [-0.25, -0.2) is 4.98 Å². The molecule has 0 bridgehead atoms. The fourth-order valence-electron chi connectivity index (χ4n) is 1.73. The number of aryl methyl sites for hydroxylation is 1. The van der Waals surface area contributed by atoms with Crippen LogP contribution in [0, 0.1) is 11.6 Å². The first-order valence-corrected chi connectivity index (χ1v) is 5.53. The van der Waals surface area contributed by atoms with E-state index in [1.54, 1.807) is 14.0 Å². The largest absolute Gasteiger partial charge is 0.416 e. The minimum atomic E-state index is -4.41. The van der Waals surface area contributed by atoms with Gasteiger partial charge in [-0.1, -0.05) is 12.2 Å². The molecular formula is C11H10F3N3S. The Hall–Kier alpha value is -1.63. The molecule has 3 nitrogen and oxygen atoms in total. The fraction of sp³-hybridized carbons (Fsp3) is 0.273. The molecule has 1 aromatic heterocycles. The second kappa shape index (κ2) is 4.24. The smallest absolute Gasteiger partial charge is 0.386 e. The summed E-state index contributed by atoms with van der Waals surface area (Å²) in [5, 5.41) is 3.02. The summed E-state index contributed by atoms with van der Waals surface area (Å²) in [7, 11) is 1.56. The van der Waals surface area contributed by atoms with E-state index >= 15 is 0 Å². The van der Waals surface area contributed by atoms with Crippen LogP contribution in [0.15, 0.2) is 12.1 Å². The molecule has 0 radical (unpaired) electrons. The van der Waals surface area contributed by atoms with Crippen molar-refractivity contribution in [2.75, 3.05) is 12.4 Å². The Morgan fingerprint density at radius 2 is 2.00 bits per heavy atom. The zero-order chi connectivity index (χ0) is 13.5. The molecule has 0 spiro atoms. The Balaban J connectivity index is 2.89. The van der Waals surface area contributed by atoms with Gasteiger partial charge in [0, 0.05) is 12.4 Å². The summed E-state index contributed by atoms with van der Waals surface area (Å²) in [6, 6.07) is 2.06. The molecule has 0 aliphatic carbocycles. The summed E-state index contributed by atoms with van der Waals surface area (Å²) in [6.45, 7) is 1.70. The summed E-state index contributed by atoms with van der Waals surface area (Å²) in [5.74, 6) is 0.559. The number of aromatic amines is 1. The number of nitrogens with zero attached hydrogens (tertiary/aromatic N) is 1. The number of anilines is 1. The van der Waals surface area contributed by atoms with Crippen LogP contribution in [0.25, 0.3) is 10.9 Å². The van der Waals surface area contributed by atoms with E-state index in [9.17, 15) is 13.2 Å². The molecule has 2 aromatic rings. The molecule has 1 aromatic carbocycles. The van der Waals surface area contributed by atoms with Crippen molar-refractivity contribution < 1.29 is 13.2 Å². The minimum Gasteiger partial charge on any atom is -0.386 e. The summed E-state index contributed by atoms with van der Waals surface area (Å²) in [6.07, 6.45) is -4.41. The van der Waals surface area contributed by atoms with Crippen LogP contribution in [-0.2, 0) is 6.18 Å². The van der Waals surface area contributed by atoms with Crippen LogP contribution < -0.4 is 5.32 Å². The van der Waals surface area contributed by atoms with Crippen LogP contribution in [0.5, 0.6) is 0 Å². The molecule has 0 aliphatic rings. The van der Waals surface area contributed by atoms with Crippen LogP contribution in [0.3, 0.4) is 0 Å². The van der Waals surface area contributed by atoms with E-state index in [1.807, 2.05) is 0 Å². The van der Waals surface area contributed by atoms with Crippen molar-refractivity contribution in [3.63, 3.8) is 0 Å². The molecule has 96 valence electrons. The fourth-order valence-corrected chi connectivity index (χ4v) is 2.03. The quantitative estimate of drug-likeness (QED) is 0.779. The van der Waals surface area contributed by atoms with Crippen LogP contribution >= 0.6 is 12.2 Å². The van der Waals surface area contributed by atoms with Crippen LogP contribution in [-0.4, -0.2) is 17.0 Å². The van der Waals surface area contributed by atoms with Gasteiger partial charge < -0.3 is 10.3 Å². The monoisotopic (exact) mass is 273 g/mol. The lowest BCUT2D eigenvalue weighted by Crippen LogP contribution is -2.07. The Morgan fingerprint density at radius 3 is 2.56 bits per heavy atom. The van der Waals surface area contributed by atoms with Crippen molar-refractivity contribution in [3.05, 3.63) is 28.2 Å². The molecule has 2 rings (SSSR count). The van der Waals surface area contributed by atoms with Gasteiger partial charge in [-0.2, -0.15) is 13.2 Å². The first kappa shape index (κ1) is 12.8. The van der Waals surface area contributed by atoms with Gasteiger partial charge in [-0.3, -0.25) is 0 Å². The zero-order valence-corrected chi connectivity index (χ0v) is 10.5. The van der Waals surface area contributed by atoms with Gasteiger partial charge in [-0.05, 0) is 19.1 Å². The van der Waals surface area contributed by atoms with Crippen molar-refractivity contribution >= 4 is 28.8 Å². The maximum Gasteiger partial charge on any atom is 0.416 e. The van der Waals surface area contributed by atoms with E-state index in [0.717, 1.165) is 12.1 Å².